The first-order valence-corrected chi connectivity index (χ1v) is 6.20. The molecule has 16 heavy (non-hydrogen) atoms. The summed E-state index contributed by atoms with van der Waals surface area (Å²) in [4.78, 5) is 10.4. The van der Waals surface area contributed by atoms with Gasteiger partial charge >= 0.3 is 6.16 Å². The van der Waals surface area contributed by atoms with E-state index in [1.54, 1.807) is 6.92 Å². The second kappa shape index (κ2) is 9.25. The van der Waals surface area contributed by atoms with Crippen LogP contribution >= 0.6 is 0 Å². The van der Waals surface area contributed by atoms with Gasteiger partial charge in [-0.1, -0.05) is 39.2 Å². The van der Waals surface area contributed by atoms with Gasteiger partial charge in [-0.3, -0.25) is 0 Å². The highest BCUT2D eigenvalue weighted by atomic mass is 16.7. The number of ether oxygens (including phenoxy) is 1. The van der Waals surface area contributed by atoms with Crippen molar-refractivity contribution in [1.29, 1.82) is 0 Å². The third-order valence-electron chi connectivity index (χ3n) is 2.59. The maximum absolute atomic E-state index is 10.4. The van der Waals surface area contributed by atoms with Crippen molar-refractivity contribution < 1.29 is 14.6 Å². The largest absolute Gasteiger partial charge is 0.506 e. The van der Waals surface area contributed by atoms with Gasteiger partial charge in [0.1, 0.15) is 6.10 Å². The highest BCUT2D eigenvalue weighted by Gasteiger charge is 2.12. The van der Waals surface area contributed by atoms with Crippen molar-refractivity contribution in [2.75, 3.05) is 0 Å². The standard InChI is InChI=1S/C13H24O3/c1-4-6-7-8-10-12(9-5-2)11(3)16-13(14)15/h9,11H,4-8,10H2,1-3H3,(H,14,15). The van der Waals surface area contributed by atoms with E-state index >= 15 is 0 Å². The van der Waals surface area contributed by atoms with Crippen molar-refractivity contribution >= 4 is 6.16 Å². The van der Waals surface area contributed by atoms with Crippen LogP contribution in [0.1, 0.15) is 59.3 Å². The Kier molecular flexibility index (Phi) is 8.68. The van der Waals surface area contributed by atoms with Crippen LogP contribution < -0.4 is 0 Å². The zero-order chi connectivity index (χ0) is 12.4. The maximum Gasteiger partial charge on any atom is 0.506 e. The van der Waals surface area contributed by atoms with Crippen LogP contribution in [0.5, 0.6) is 0 Å². The number of carbonyl (C=O) groups is 1. The molecule has 0 aromatic rings. The second-order valence-electron chi connectivity index (χ2n) is 4.02. The molecular weight excluding hydrogens is 204 g/mol. The fourth-order valence-corrected chi connectivity index (χ4v) is 1.72. The smallest absolute Gasteiger partial charge is 0.450 e. The first-order valence-electron chi connectivity index (χ1n) is 6.20. The predicted molar refractivity (Wildman–Crippen MR) is 65.7 cm³/mol. The Balaban J connectivity index is 4.06. The van der Waals surface area contributed by atoms with Gasteiger partial charge in [-0.25, -0.2) is 4.79 Å². The van der Waals surface area contributed by atoms with Crippen molar-refractivity contribution in [3.63, 3.8) is 0 Å². The van der Waals surface area contributed by atoms with Crippen LogP contribution in [0.25, 0.3) is 0 Å². The van der Waals surface area contributed by atoms with Gasteiger partial charge in [0.25, 0.3) is 0 Å². The lowest BCUT2D eigenvalue weighted by atomic mass is 10.0. The molecule has 0 aliphatic rings. The first-order chi connectivity index (χ1) is 7.61. The van der Waals surface area contributed by atoms with Gasteiger partial charge in [0.05, 0.1) is 0 Å². The van der Waals surface area contributed by atoms with Crippen LogP contribution in [0.2, 0.25) is 0 Å². The summed E-state index contributed by atoms with van der Waals surface area (Å²) < 4.78 is 4.77. The molecule has 0 aromatic carbocycles. The van der Waals surface area contributed by atoms with Gasteiger partial charge in [0.2, 0.25) is 0 Å². The summed E-state index contributed by atoms with van der Waals surface area (Å²) >= 11 is 0. The predicted octanol–water partition coefficient (Wildman–Crippen LogP) is 4.38. The van der Waals surface area contributed by atoms with E-state index in [0.29, 0.717) is 0 Å². The van der Waals surface area contributed by atoms with Gasteiger partial charge in [0.15, 0.2) is 0 Å². The number of hydrogen-bond donors (Lipinski definition) is 1. The molecule has 0 amide bonds. The SMILES string of the molecule is CCC=C(CCCCCC)C(C)OC(=O)O. The molecule has 1 atom stereocenters. The maximum atomic E-state index is 10.4. The van der Waals surface area contributed by atoms with E-state index in [0.717, 1.165) is 24.8 Å². The zero-order valence-electron chi connectivity index (χ0n) is 10.7. The van der Waals surface area contributed by atoms with Crippen LogP contribution in [-0.4, -0.2) is 17.4 Å². The van der Waals surface area contributed by atoms with Crippen molar-refractivity contribution in [1.82, 2.24) is 0 Å². The van der Waals surface area contributed by atoms with Crippen LogP contribution in [0.15, 0.2) is 11.6 Å². The Morgan fingerprint density at radius 1 is 1.31 bits per heavy atom. The van der Waals surface area contributed by atoms with Crippen molar-refractivity contribution in [2.24, 2.45) is 0 Å². The minimum Gasteiger partial charge on any atom is -0.450 e. The van der Waals surface area contributed by atoms with E-state index in [-0.39, 0.29) is 6.10 Å². The Labute approximate surface area is 98.5 Å². The first kappa shape index (κ1) is 15.0. The molecule has 0 radical (unpaired) electrons. The molecule has 0 aliphatic carbocycles. The second-order valence-corrected chi connectivity index (χ2v) is 4.02. The summed E-state index contributed by atoms with van der Waals surface area (Å²) in [5, 5.41) is 8.56. The molecule has 0 rings (SSSR count). The zero-order valence-corrected chi connectivity index (χ0v) is 10.7. The number of allylic oxidation sites excluding steroid dienone is 1. The normalized spacial score (nSPS) is 13.6. The minimum absolute atomic E-state index is 0.306. The van der Waals surface area contributed by atoms with Gasteiger partial charge in [0, 0.05) is 0 Å². The number of hydrogen-bond acceptors (Lipinski definition) is 2. The molecule has 0 saturated carbocycles. The summed E-state index contributed by atoms with van der Waals surface area (Å²) in [5.74, 6) is 0. The Morgan fingerprint density at radius 3 is 2.50 bits per heavy atom. The van der Waals surface area contributed by atoms with Gasteiger partial charge in [-0.05, 0) is 31.8 Å². The number of unbranched alkanes of at least 4 members (excludes halogenated alkanes) is 3. The van der Waals surface area contributed by atoms with Crippen LogP contribution in [0, 0.1) is 0 Å². The topological polar surface area (TPSA) is 46.5 Å². The lowest BCUT2D eigenvalue weighted by Gasteiger charge is -2.15. The molecule has 0 aromatic heterocycles. The summed E-state index contributed by atoms with van der Waals surface area (Å²) in [6.07, 6.45) is 7.24. The summed E-state index contributed by atoms with van der Waals surface area (Å²) in [5.41, 5.74) is 1.11. The van der Waals surface area contributed by atoms with Crippen molar-refractivity contribution in [3.05, 3.63) is 11.6 Å². The molecule has 1 N–H and O–H groups in total. The molecule has 0 bridgehead atoms. The molecule has 0 spiro atoms. The number of rotatable bonds is 8. The highest BCUT2D eigenvalue weighted by molar-refractivity contribution is 5.57. The molecule has 3 nitrogen and oxygen atoms in total. The van der Waals surface area contributed by atoms with E-state index in [4.69, 9.17) is 9.84 Å². The molecule has 0 saturated heterocycles. The third kappa shape index (κ3) is 7.32. The number of carboxylic acid groups (broad SMARTS) is 1. The quantitative estimate of drug-likeness (QED) is 0.381. The van der Waals surface area contributed by atoms with E-state index < -0.39 is 6.16 Å². The van der Waals surface area contributed by atoms with E-state index in [9.17, 15) is 4.79 Å². The van der Waals surface area contributed by atoms with E-state index in [2.05, 4.69) is 19.9 Å². The fourth-order valence-electron chi connectivity index (χ4n) is 1.72. The lowest BCUT2D eigenvalue weighted by molar-refractivity contribution is 0.0702. The van der Waals surface area contributed by atoms with E-state index in [1.807, 2.05) is 0 Å². The molecule has 94 valence electrons. The van der Waals surface area contributed by atoms with Crippen molar-refractivity contribution in [2.45, 2.75) is 65.4 Å². The van der Waals surface area contributed by atoms with Crippen LogP contribution in [-0.2, 0) is 4.74 Å². The average molecular weight is 228 g/mol. The van der Waals surface area contributed by atoms with Crippen LogP contribution in [0.4, 0.5) is 4.79 Å². The van der Waals surface area contributed by atoms with Gasteiger partial charge in [-0.15, -0.1) is 0 Å². The van der Waals surface area contributed by atoms with Gasteiger partial charge in [-0.2, -0.15) is 0 Å². The minimum atomic E-state index is -1.19. The monoisotopic (exact) mass is 228 g/mol. The molecular formula is C13H24O3. The summed E-state index contributed by atoms with van der Waals surface area (Å²) in [6, 6.07) is 0. The van der Waals surface area contributed by atoms with E-state index in [1.165, 1.54) is 19.3 Å². The molecule has 0 heterocycles. The lowest BCUT2D eigenvalue weighted by Crippen LogP contribution is -2.15. The van der Waals surface area contributed by atoms with Crippen molar-refractivity contribution in [3.8, 4) is 0 Å². The molecule has 3 heteroatoms. The third-order valence-corrected chi connectivity index (χ3v) is 2.59. The fraction of sp³-hybridized carbons (Fsp3) is 0.769. The Morgan fingerprint density at radius 2 is 2.00 bits per heavy atom. The molecule has 0 aliphatic heterocycles. The molecule has 1 unspecified atom stereocenters. The van der Waals surface area contributed by atoms with Crippen LogP contribution in [0.3, 0.4) is 0 Å². The molecule has 0 fully saturated rings. The average Bonchev–Trinajstić information content (AvgIpc) is 2.21. The van der Waals surface area contributed by atoms with Gasteiger partial charge < -0.3 is 9.84 Å². The Hall–Kier alpha value is -0.990. The highest BCUT2D eigenvalue weighted by Crippen LogP contribution is 2.17. The summed E-state index contributed by atoms with van der Waals surface area (Å²) in [6.45, 7) is 6.04. The Bertz CT molecular complexity index is 221. The summed E-state index contributed by atoms with van der Waals surface area (Å²) in [7, 11) is 0.